The Balaban J connectivity index is 1.66. The van der Waals surface area contributed by atoms with E-state index in [0.717, 1.165) is 16.2 Å². The quantitative estimate of drug-likeness (QED) is 0.0707. The van der Waals surface area contributed by atoms with Crippen molar-refractivity contribution >= 4 is 40.8 Å². The van der Waals surface area contributed by atoms with E-state index in [1.54, 1.807) is 35.7 Å². The number of thiazole rings is 1. The number of guanidine groups is 1. The first-order valence-electron chi connectivity index (χ1n) is 12.3. The number of nitrogens with zero attached hydrogens (tertiary/aromatic N) is 4. The molecule has 13 heteroatoms. The predicted molar refractivity (Wildman–Crippen MR) is 145 cm³/mol. The lowest BCUT2D eigenvalue weighted by Gasteiger charge is -2.28. The van der Waals surface area contributed by atoms with E-state index in [1.165, 1.54) is 11.1 Å². The zero-order valence-corrected chi connectivity index (χ0v) is 22.0. The van der Waals surface area contributed by atoms with Crippen molar-refractivity contribution in [2.75, 3.05) is 19.6 Å². The van der Waals surface area contributed by atoms with E-state index >= 15 is 0 Å². The summed E-state index contributed by atoms with van der Waals surface area (Å²) in [7, 11) is 0. The van der Waals surface area contributed by atoms with Crippen LogP contribution in [-0.2, 0) is 14.4 Å². The molecule has 6 N–H and O–H groups in total. The number of aromatic nitrogens is 1. The Morgan fingerprint density at radius 2 is 2.03 bits per heavy atom. The molecule has 0 saturated carbocycles. The summed E-state index contributed by atoms with van der Waals surface area (Å²) in [4.78, 5) is 62.3. The summed E-state index contributed by atoms with van der Waals surface area (Å²) in [5, 5.41) is 15.1. The highest BCUT2D eigenvalue weighted by atomic mass is 32.1. The summed E-state index contributed by atoms with van der Waals surface area (Å²) in [6.07, 6.45) is 7.06. The number of terminal acetylenes is 1. The van der Waals surface area contributed by atoms with Gasteiger partial charge in [0.25, 0.3) is 5.91 Å². The van der Waals surface area contributed by atoms with Gasteiger partial charge in [0.15, 0.2) is 17.1 Å². The third kappa shape index (κ3) is 7.86. The molecule has 2 aromatic rings. The van der Waals surface area contributed by atoms with Crippen molar-refractivity contribution in [1.82, 2.24) is 20.1 Å². The maximum Gasteiger partial charge on any atom is 0.267 e. The molecule has 0 aliphatic carbocycles. The molecule has 1 saturated heterocycles. The predicted octanol–water partition coefficient (Wildman–Crippen LogP) is 0.00810. The van der Waals surface area contributed by atoms with Gasteiger partial charge in [0.2, 0.25) is 17.6 Å². The van der Waals surface area contributed by atoms with Crippen molar-refractivity contribution in [3.05, 3.63) is 52.5 Å². The highest BCUT2D eigenvalue weighted by Gasteiger charge is 2.37. The second-order valence-corrected chi connectivity index (χ2v) is 9.72. The molecule has 3 amide bonds. The number of rotatable bonds is 12. The third-order valence-electron chi connectivity index (χ3n) is 6.16. The second-order valence-electron chi connectivity index (χ2n) is 8.82. The lowest BCUT2D eigenvalue weighted by Crippen LogP contribution is -2.52. The molecule has 2 heterocycles. The van der Waals surface area contributed by atoms with Crippen LogP contribution in [0, 0.1) is 12.5 Å². The normalized spacial score (nSPS) is 16.0. The first kappa shape index (κ1) is 29.3. The van der Waals surface area contributed by atoms with Crippen LogP contribution in [0.4, 0.5) is 0 Å². The van der Waals surface area contributed by atoms with E-state index in [1.807, 2.05) is 0 Å². The topological polar surface area (TPSA) is 184 Å². The van der Waals surface area contributed by atoms with Crippen molar-refractivity contribution in [1.29, 1.82) is 0 Å². The van der Waals surface area contributed by atoms with Gasteiger partial charge in [-0.15, -0.1) is 11.3 Å². The molecule has 12 nitrogen and oxygen atoms in total. The summed E-state index contributed by atoms with van der Waals surface area (Å²) < 4.78 is 0. The second kappa shape index (κ2) is 14.0. The minimum absolute atomic E-state index is 0.0715. The average Bonchev–Trinajstić information content (AvgIpc) is 3.65. The van der Waals surface area contributed by atoms with E-state index in [4.69, 9.17) is 17.9 Å². The van der Waals surface area contributed by atoms with Crippen LogP contribution in [0.25, 0.3) is 0 Å². The highest BCUT2D eigenvalue weighted by molar-refractivity contribution is 7.11. The van der Waals surface area contributed by atoms with E-state index in [0.29, 0.717) is 24.8 Å². The van der Waals surface area contributed by atoms with Crippen molar-refractivity contribution < 1.29 is 24.3 Å². The van der Waals surface area contributed by atoms with Gasteiger partial charge in [-0.2, -0.15) is 0 Å². The fraction of sp³-hybridized carbons (Fsp3) is 0.385. The lowest BCUT2D eigenvalue weighted by molar-refractivity contribution is -0.144. The average molecular weight is 554 g/mol. The van der Waals surface area contributed by atoms with Gasteiger partial charge in [-0.25, -0.2) is 4.98 Å². The van der Waals surface area contributed by atoms with E-state index in [2.05, 4.69) is 21.3 Å². The zero-order chi connectivity index (χ0) is 28.4. The van der Waals surface area contributed by atoms with Crippen LogP contribution in [0.3, 0.4) is 0 Å². The first-order valence-corrected chi connectivity index (χ1v) is 13.2. The Bertz CT molecular complexity index is 1230. The molecular weight excluding hydrogens is 522 g/mol. The summed E-state index contributed by atoms with van der Waals surface area (Å²) in [6.45, 7) is 0.0437. The van der Waals surface area contributed by atoms with Gasteiger partial charge in [0.05, 0.1) is 6.04 Å². The third-order valence-corrected chi connectivity index (χ3v) is 6.95. The number of aliphatic hydroxyl groups excluding tert-OH is 1. The van der Waals surface area contributed by atoms with E-state index < -0.39 is 42.5 Å². The summed E-state index contributed by atoms with van der Waals surface area (Å²) >= 11 is 1.16. The van der Waals surface area contributed by atoms with Crippen LogP contribution in [-0.4, -0.2) is 81.1 Å². The van der Waals surface area contributed by atoms with Crippen LogP contribution >= 0.6 is 11.3 Å². The van der Waals surface area contributed by atoms with Crippen LogP contribution in [0.15, 0.2) is 46.9 Å². The van der Waals surface area contributed by atoms with E-state index in [9.17, 15) is 24.3 Å². The number of aliphatic imine (C=N–C) groups is 1. The molecule has 0 radical (unpaired) electrons. The van der Waals surface area contributed by atoms with Gasteiger partial charge >= 0.3 is 0 Å². The fourth-order valence-electron chi connectivity index (χ4n) is 4.21. The minimum Gasteiger partial charge on any atom is -0.378 e. The van der Waals surface area contributed by atoms with Crippen LogP contribution in [0.2, 0.25) is 0 Å². The molecule has 1 aromatic carbocycles. The largest absolute Gasteiger partial charge is 0.378 e. The number of nitrogens with two attached hydrogens (primary N) is 2. The van der Waals surface area contributed by atoms with Crippen molar-refractivity contribution in [2.24, 2.45) is 16.5 Å². The number of hydrogen-bond donors (Lipinski definition) is 4. The Morgan fingerprint density at radius 3 is 2.67 bits per heavy atom. The molecule has 206 valence electrons. The smallest absolute Gasteiger partial charge is 0.267 e. The number of carbonyl (C=O) groups excluding carboxylic acids is 4. The van der Waals surface area contributed by atoms with E-state index in [-0.39, 0.29) is 36.3 Å². The standard InChI is InChI=1S/C26H31N7O5S/c1-2-32(25(38)21(35)17-8-4-3-5-9-17)16-20(34)33-14-7-11-19(33)23(37)31-18(10-6-12-30-26(27)28)22(36)24-29-13-15-39-24/h1,3-5,8-9,13,15,18-19,21,35H,6-7,10-12,14,16H2,(H,31,37)(H4,27,28,30)/t18?,19?,21-/m0/s1. The van der Waals surface area contributed by atoms with Gasteiger partial charge in [0.1, 0.15) is 12.6 Å². The number of likely N-dealkylation sites (tertiary alicyclic amines) is 1. The molecule has 0 bridgehead atoms. The van der Waals surface area contributed by atoms with Crippen LogP contribution in [0.1, 0.15) is 47.2 Å². The van der Waals surface area contributed by atoms with Crippen LogP contribution in [0.5, 0.6) is 0 Å². The molecular formula is C26H31N7O5S. The van der Waals surface area contributed by atoms with Gasteiger partial charge in [-0.05, 0) is 31.2 Å². The molecule has 39 heavy (non-hydrogen) atoms. The lowest BCUT2D eigenvalue weighted by atomic mass is 10.1. The maximum absolute atomic E-state index is 13.3. The summed E-state index contributed by atoms with van der Waals surface area (Å²) in [5.41, 5.74) is 11.1. The van der Waals surface area contributed by atoms with Crippen LogP contribution < -0.4 is 16.8 Å². The SMILES string of the molecule is C#CN(CC(=O)N1CCCC1C(=O)NC(CCCN=C(N)N)C(=O)c1nccs1)C(=O)[C@@H](O)c1ccccc1. The number of carbonyl (C=O) groups is 4. The van der Waals surface area contributed by atoms with Gasteiger partial charge in [-0.3, -0.25) is 29.1 Å². The molecule has 1 aromatic heterocycles. The van der Waals surface area contributed by atoms with Gasteiger partial charge in [0, 0.05) is 30.7 Å². The van der Waals surface area contributed by atoms with Gasteiger partial charge < -0.3 is 26.8 Å². The number of nitrogens with one attached hydrogen (secondary N) is 1. The number of amides is 3. The number of ketones is 1. The molecule has 1 aliphatic rings. The minimum atomic E-state index is -1.54. The van der Waals surface area contributed by atoms with Crippen molar-refractivity contribution in [3.8, 4) is 12.5 Å². The Hall–Kier alpha value is -4.28. The first-order chi connectivity index (χ1) is 18.7. The van der Waals surface area contributed by atoms with Crippen molar-refractivity contribution in [2.45, 2.75) is 43.9 Å². The Kier molecular flexibility index (Phi) is 10.5. The highest BCUT2D eigenvalue weighted by Crippen LogP contribution is 2.21. The number of Topliss-reactive ketones (excluding diaryl/α,β-unsaturated/α-hetero) is 1. The number of hydrogen-bond acceptors (Lipinski definition) is 8. The molecule has 0 spiro atoms. The zero-order valence-electron chi connectivity index (χ0n) is 21.2. The molecule has 2 unspecified atom stereocenters. The molecule has 3 atom stereocenters. The molecule has 1 aliphatic heterocycles. The van der Waals surface area contributed by atoms with Gasteiger partial charge in [-0.1, -0.05) is 36.8 Å². The molecule has 3 rings (SSSR count). The Labute approximate surface area is 230 Å². The van der Waals surface area contributed by atoms with Crippen molar-refractivity contribution in [3.63, 3.8) is 0 Å². The fourth-order valence-corrected chi connectivity index (χ4v) is 4.84. The number of benzene rings is 1. The summed E-state index contributed by atoms with van der Waals surface area (Å²) in [5.74, 6) is -2.29. The number of aliphatic hydroxyl groups is 1. The Morgan fingerprint density at radius 1 is 1.28 bits per heavy atom. The summed E-state index contributed by atoms with van der Waals surface area (Å²) in [6, 6.07) is 8.61. The molecule has 1 fully saturated rings. The maximum atomic E-state index is 13.3. The monoisotopic (exact) mass is 553 g/mol.